The molecule has 0 aliphatic heterocycles. The highest BCUT2D eigenvalue weighted by Crippen LogP contribution is 2.25. The molecule has 1 aromatic heterocycles. The fourth-order valence-electron chi connectivity index (χ4n) is 1.66. The predicted octanol–water partition coefficient (Wildman–Crippen LogP) is 2.05. The van der Waals surface area contributed by atoms with E-state index in [-0.39, 0.29) is 11.3 Å². The van der Waals surface area contributed by atoms with Crippen molar-refractivity contribution in [3.8, 4) is 0 Å². The van der Waals surface area contributed by atoms with E-state index >= 15 is 0 Å². The average molecular weight is 253 g/mol. The summed E-state index contributed by atoms with van der Waals surface area (Å²) in [6, 6.07) is 4.96. The van der Waals surface area contributed by atoms with Gasteiger partial charge in [0.15, 0.2) is 0 Å². The molecule has 6 heteroatoms. The standard InChI is InChI=1S/C12H10F3N3/c13-7-4-5-10(17-6-7)12(18-16)11-8(14)2-1-3-9(11)15/h1-6,12,18H,16H2. The fraction of sp³-hybridized carbons (Fsp3) is 0.0833. The highest BCUT2D eigenvalue weighted by molar-refractivity contribution is 5.30. The maximum Gasteiger partial charge on any atom is 0.141 e. The molecule has 2 aromatic rings. The SMILES string of the molecule is NNC(c1ccc(F)cn1)c1c(F)cccc1F. The lowest BCUT2D eigenvalue weighted by Crippen LogP contribution is -2.31. The third kappa shape index (κ3) is 2.34. The molecule has 3 N–H and O–H groups in total. The van der Waals surface area contributed by atoms with Crippen molar-refractivity contribution in [1.82, 2.24) is 10.4 Å². The van der Waals surface area contributed by atoms with Gasteiger partial charge in [-0.15, -0.1) is 0 Å². The van der Waals surface area contributed by atoms with E-state index < -0.39 is 23.5 Å². The van der Waals surface area contributed by atoms with Crippen LogP contribution in [-0.2, 0) is 0 Å². The molecule has 1 atom stereocenters. The lowest BCUT2D eigenvalue weighted by atomic mass is 10.0. The van der Waals surface area contributed by atoms with Crippen LogP contribution in [-0.4, -0.2) is 4.98 Å². The molecule has 0 spiro atoms. The van der Waals surface area contributed by atoms with E-state index in [1.807, 2.05) is 0 Å². The van der Waals surface area contributed by atoms with Crippen molar-refractivity contribution >= 4 is 0 Å². The number of nitrogens with two attached hydrogens (primary N) is 1. The van der Waals surface area contributed by atoms with E-state index in [0.717, 1.165) is 24.4 Å². The van der Waals surface area contributed by atoms with E-state index in [4.69, 9.17) is 5.84 Å². The summed E-state index contributed by atoms with van der Waals surface area (Å²) in [5.74, 6) is 3.26. The van der Waals surface area contributed by atoms with Gasteiger partial charge in [0.2, 0.25) is 0 Å². The van der Waals surface area contributed by atoms with Crippen LogP contribution in [0.4, 0.5) is 13.2 Å². The minimum absolute atomic E-state index is 0.225. The first-order valence-corrected chi connectivity index (χ1v) is 5.15. The van der Waals surface area contributed by atoms with E-state index in [9.17, 15) is 13.2 Å². The Morgan fingerprint density at radius 1 is 1.06 bits per heavy atom. The number of hydrazine groups is 1. The predicted molar refractivity (Wildman–Crippen MR) is 59.7 cm³/mol. The Morgan fingerprint density at radius 2 is 1.72 bits per heavy atom. The average Bonchev–Trinajstić information content (AvgIpc) is 2.35. The molecule has 0 aliphatic rings. The van der Waals surface area contributed by atoms with Crippen LogP contribution >= 0.6 is 0 Å². The van der Waals surface area contributed by atoms with Gasteiger partial charge in [0.05, 0.1) is 17.9 Å². The number of halogens is 3. The molecule has 2 rings (SSSR count). The number of hydrogen-bond donors (Lipinski definition) is 2. The first-order valence-electron chi connectivity index (χ1n) is 5.15. The van der Waals surface area contributed by atoms with Gasteiger partial charge in [-0.3, -0.25) is 10.8 Å². The van der Waals surface area contributed by atoms with Gasteiger partial charge in [0.25, 0.3) is 0 Å². The largest absolute Gasteiger partial charge is 0.271 e. The molecule has 1 heterocycles. The van der Waals surface area contributed by atoms with E-state index in [1.165, 1.54) is 12.1 Å². The second-order valence-electron chi connectivity index (χ2n) is 3.64. The topological polar surface area (TPSA) is 50.9 Å². The zero-order chi connectivity index (χ0) is 13.1. The summed E-state index contributed by atoms with van der Waals surface area (Å²) in [6.45, 7) is 0. The van der Waals surface area contributed by atoms with Crippen LogP contribution < -0.4 is 11.3 Å². The summed E-state index contributed by atoms with van der Waals surface area (Å²) >= 11 is 0. The number of nitrogens with zero attached hydrogens (tertiary/aromatic N) is 1. The molecule has 0 saturated carbocycles. The van der Waals surface area contributed by atoms with Crippen LogP contribution in [0.3, 0.4) is 0 Å². The normalized spacial score (nSPS) is 12.4. The Morgan fingerprint density at radius 3 is 2.22 bits per heavy atom. The summed E-state index contributed by atoms with van der Waals surface area (Å²) < 4.78 is 40.0. The second kappa shape index (κ2) is 5.16. The van der Waals surface area contributed by atoms with Crippen LogP contribution in [0.1, 0.15) is 17.3 Å². The van der Waals surface area contributed by atoms with Gasteiger partial charge < -0.3 is 0 Å². The van der Waals surface area contributed by atoms with Crippen molar-refractivity contribution in [3.63, 3.8) is 0 Å². The number of benzene rings is 1. The van der Waals surface area contributed by atoms with Crippen LogP contribution in [0.15, 0.2) is 36.5 Å². The third-order valence-corrected chi connectivity index (χ3v) is 2.50. The Hall–Kier alpha value is -1.92. The quantitative estimate of drug-likeness (QED) is 0.650. The molecule has 3 nitrogen and oxygen atoms in total. The van der Waals surface area contributed by atoms with Crippen molar-refractivity contribution in [2.75, 3.05) is 0 Å². The van der Waals surface area contributed by atoms with Crippen molar-refractivity contribution in [3.05, 3.63) is 65.2 Å². The van der Waals surface area contributed by atoms with Gasteiger partial charge >= 0.3 is 0 Å². The Kier molecular flexibility index (Phi) is 3.59. The molecule has 1 aromatic carbocycles. The molecule has 0 amide bonds. The summed E-state index contributed by atoms with van der Waals surface area (Å²) in [5.41, 5.74) is 2.24. The van der Waals surface area contributed by atoms with Crippen molar-refractivity contribution < 1.29 is 13.2 Å². The van der Waals surface area contributed by atoms with Gasteiger partial charge in [-0.2, -0.15) is 0 Å². The van der Waals surface area contributed by atoms with Gasteiger partial charge in [0.1, 0.15) is 17.5 Å². The maximum absolute atomic E-state index is 13.6. The van der Waals surface area contributed by atoms with Gasteiger partial charge in [-0.25, -0.2) is 18.6 Å². The Labute approximate surface area is 101 Å². The minimum Gasteiger partial charge on any atom is -0.271 e. The van der Waals surface area contributed by atoms with Crippen molar-refractivity contribution in [2.24, 2.45) is 5.84 Å². The number of rotatable bonds is 3. The summed E-state index contributed by atoms with van der Waals surface area (Å²) in [4.78, 5) is 3.76. The number of aromatic nitrogens is 1. The molecule has 94 valence electrons. The lowest BCUT2D eigenvalue weighted by molar-refractivity contribution is 0.504. The molecule has 0 saturated heterocycles. The monoisotopic (exact) mass is 253 g/mol. The summed E-state index contributed by atoms with van der Waals surface area (Å²) in [6.07, 6.45) is 0.957. The first kappa shape index (κ1) is 12.5. The molecular formula is C12H10F3N3. The van der Waals surface area contributed by atoms with E-state index in [0.29, 0.717) is 0 Å². The Bertz CT molecular complexity index is 523. The lowest BCUT2D eigenvalue weighted by Gasteiger charge is -2.17. The van der Waals surface area contributed by atoms with Crippen LogP contribution in [0.5, 0.6) is 0 Å². The van der Waals surface area contributed by atoms with Gasteiger partial charge in [-0.1, -0.05) is 6.07 Å². The number of nitrogens with one attached hydrogen (secondary N) is 1. The molecular weight excluding hydrogens is 243 g/mol. The molecule has 1 unspecified atom stereocenters. The maximum atomic E-state index is 13.6. The van der Waals surface area contributed by atoms with E-state index in [2.05, 4.69) is 10.4 Å². The van der Waals surface area contributed by atoms with Crippen LogP contribution in [0.25, 0.3) is 0 Å². The minimum atomic E-state index is -0.980. The summed E-state index contributed by atoms with van der Waals surface area (Å²) in [5, 5.41) is 0. The highest BCUT2D eigenvalue weighted by atomic mass is 19.1. The molecule has 18 heavy (non-hydrogen) atoms. The molecule has 0 bridgehead atoms. The smallest absolute Gasteiger partial charge is 0.141 e. The number of pyridine rings is 1. The zero-order valence-corrected chi connectivity index (χ0v) is 9.20. The highest BCUT2D eigenvalue weighted by Gasteiger charge is 2.21. The summed E-state index contributed by atoms with van der Waals surface area (Å²) in [7, 11) is 0. The molecule has 0 radical (unpaired) electrons. The first-order chi connectivity index (χ1) is 8.63. The van der Waals surface area contributed by atoms with Crippen molar-refractivity contribution in [1.29, 1.82) is 0 Å². The van der Waals surface area contributed by atoms with Crippen LogP contribution in [0.2, 0.25) is 0 Å². The van der Waals surface area contributed by atoms with Gasteiger partial charge in [0, 0.05) is 5.56 Å². The second-order valence-corrected chi connectivity index (χ2v) is 3.64. The molecule has 0 aliphatic carbocycles. The zero-order valence-electron chi connectivity index (χ0n) is 9.20. The van der Waals surface area contributed by atoms with Gasteiger partial charge in [-0.05, 0) is 24.3 Å². The third-order valence-electron chi connectivity index (χ3n) is 2.50. The fourth-order valence-corrected chi connectivity index (χ4v) is 1.66. The molecule has 0 fully saturated rings. The Balaban J connectivity index is 2.48. The van der Waals surface area contributed by atoms with Crippen molar-refractivity contribution in [2.45, 2.75) is 6.04 Å². The van der Waals surface area contributed by atoms with E-state index in [1.54, 1.807) is 0 Å². The number of hydrogen-bond acceptors (Lipinski definition) is 3. The van der Waals surface area contributed by atoms with Crippen LogP contribution in [0, 0.1) is 17.5 Å².